The predicted octanol–water partition coefficient (Wildman–Crippen LogP) is 17.9. The fraction of sp³-hybridized carbons (Fsp3) is 0.938. The first-order valence-corrected chi connectivity index (χ1v) is 36.9. The molecule has 498 valence electrons. The Hall–Kier alpha value is -1.94. The van der Waals surface area contributed by atoms with Gasteiger partial charge in [-0.3, -0.25) is 37.3 Å². The van der Waals surface area contributed by atoms with Gasteiger partial charge in [0.1, 0.15) is 19.3 Å². The van der Waals surface area contributed by atoms with Crippen LogP contribution in [0.3, 0.4) is 0 Å². The van der Waals surface area contributed by atoms with E-state index in [4.69, 9.17) is 37.0 Å². The third-order valence-electron chi connectivity index (χ3n) is 15.2. The summed E-state index contributed by atoms with van der Waals surface area (Å²) in [7, 11) is -9.89. The Bertz CT molecular complexity index is 1670. The Morgan fingerprint density at radius 2 is 0.607 bits per heavy atom. The van der Waals surface area contributed by atoms with E-state index in [1.807, 2.05) is 0 Å². The number of carbonyl (C=O) groups is 4. The van der Waals surface area contributed by atoms with E-state index in [1.165, 1.54) is 122 Å². The average Bonchev–Trinajstić information content (AvgIpc) is 3.48. The highest BCUT2D eigenvalue weighted by Gasteiger charge is 2.30. The van der Waals surface area contributed by atoms with Crippen LogP contribution in [0.25, 0.3) is 0 Å². The number of phosphoric acid groups is 2. The molecular weight excluding hydrogens is 1110 g/mol. The first-order chi connectivity index (χ1) is 40.3. The maximum Gasteiger partial charge on any atom is 0.472 e. The van der Waals surface area contributed by atoms with Crippen LogP contribution >= 0.6 is 15.6 Å². The first-order valence-electron chi connectivity index (χ1n) is 33.9. The third kappa shape index (κ3) is 57.8. The smallest absolute Gasteiger partial charge is 0.462 e. The minimum absolute atomic E-state index is 0.102. The molecule has 0 aromatic carbocycles. The van der Waals surface area contributed by atoms with Crippen molar-refractivity contribution in [2.75, 3.05) is 39.6 Å². The van der Waals surface area contributed by atoms with E-state index >= 15 is 0 Å². The molecule has 0 aliphatic carbocycles. The SMILES string of the molecule is CCCCCCCCCCCC(=O)OC[C@H](COP(=O)(O)OC[C@H](O)COP(=O)(O)OC[C@@H](COC(=O)CCCCCCCCC(C)CC)OC(=O)CCCCCCCCCCCCCCCC(C)C)OC(=O)CCCCCCCCC(C)C. The van der Waals surface area contributed by atoms with Crippen molar-refractivity contribution in [3.63, 3.8) is 0 Å². The van der Waals surface area contributed by atoms with Gasteiger partial charge in [-0.05, 0) is 43.4 Å². The van der Waals surface area contributed by atoms with Gasteiger partial charge in [0.25, 0.3) is 0 Å². The van der Waals surface area contributed by atoms with Crippen LogP contribution in [0.15, 0.2) is 0 Å². The summed E-state index contributed by atoms with van der Waals surface area (Å²) in [4.78, 5) is 72.2. The number of phosphoric ester groups is 2. The second-order valence-electron chi connectivity index (χ2n) is 24.7. The van der Waals surface area contributed by atoms with Gasteiger partial charge in [-0.15, -0.1) is 0 Å². The van der Waals surface area contributed by atoms with Crippen molar-refractivity contribution in [1.82, 2.24) is 0 Å². The standard InChI is InChI=1S/C65H126O17P2/c1-8-10-11-12-13-19-23-32-39-46-62(67)75-52-61(82-65(70)49-42-35-27-25-30-37-44-57(5)6)55-80-84(73,74)78-51-59(66)50-77-83(71,72)79-54-60(53-76-63(68)47-40-33-28-26-31-38-45-58(7)9-2)81-64(69)48-41-34-24-21-18-16-14-15-17-20-22-29-36-43-56(3)4/h56-61,66H,8-55H2,1-7H3,(H,71,72)(H,73,74)/t58?,59-,60-,61-/m1/s1. The molecule has 0 spiro atoms. The predicted molar refractivity (Wildman–Crippen MR) is 335 cm³/mol. The van der Waals surface area contributed by atoms with Crippen LogP contribution in [0.1, 0.15) is 318 Å². The lowest BCUT2D eigenvalue weighted by Gasteiger charge is -2.21. The van der Waals surface area contributed by atoms with Gasteiger partial charge in [0, 0.05) is 25.7 Å². The fourth-order valence-electron chi connectivity index (χ4n) is 9.62. The molecule has 0 fully saturated rings. The van der Waals surface area contributed by atoms with E-state index in [9.17, 15) is 43.2 Å². The van der Waals surface area contributed by atoms with Gasteiger partial charge < -0.3 is 33.8 Å². The number of esters is 4. The summed E-state index contributed by atoms with van der Waals surface area (Å²) < 4.78 is 68.0. The number of carbonyl (C=O) groups excluding carboxylic acids is 4. The summed E-state index contributed by atoms with van der Waals surface area (Å²) in [6, 6.07) is 0. The van der Waals surface area contributed by atoms with Crippen molar-refractivity contribution in [2.45, 2.75) is 336 Å². The van der Waals surface area contributed by atoms with Crippen LogP contribution in [0.2, 0.25) is 0 Å². The monoisotopic (exact) mass is 1240 g/mol. The van der Waals surface area contributed by atoms with Crippen molar-refractivity contribution in [3.8, 4) is 0 Å². The second-order valence-corrected chi connectivity index (χ2v) is 27.6. The molecule has 0 radical (unpaired) electrons. The average molecular weight is 1240 g/mol. The maximum absolute atomic E-state index is 13.0. The molecule has 0 aromatic heterocycles. The fourth-order valence-corrected chi connectivity index (χ4v) is 11.2. The number of aliphatic hydroxyl groups excluding tert-OH is 1. The third-order valence-corrected chi connectivity index (χ3v) is 17.1. The van der Waals surface area contributed by atoms with Gasteiger partial charge >= 0.3 is 39.5 Å². The number of hydrogen-bond acceptors (Lipinski definition) is 15. The van der Waals surface area contributed by atoms with E-state index in [0.717, 1.165) is 108 Å². The van der Waals surface area contributed by atoms with Crippen LogP contribution in [0.5, 0.6) is 0 Å². The van der Waals surface area contributed by atoms with Gasteiger partial charge in [0.2, 0.25) is 0 Å². The number of unbranched alkanes of at least 4 members (excludes halogenated alkanes) is 30. The van der Waals surface area contributed by atoms with Crippen LogP contribution in [0, 0.1) is 17.8 Å². The van der Waals surface area contributed by atoms with Gasteiger partial charge in [-0.25, -0.2) is 9.13 Å². The van der Waals surface area contributed by atoms with E-state index in [2.05, 4.69) is 48.5 Å². The second kappa shape index (κ2) is 56.3. The molecule has 0 heterocycles. The molecule has 3 N–H and O–H groups in total. The summed E-state index contributed by atoms with van der Waals surface area (Å²) in [5, 5.41) is 10.5. The Balaban J connectivity index is 5.22. The topological polar surface area (TPSA) is 237 Å². The highest BCUT2D eigenvalue weighted by molar-refractivity contribution is 7.47. The van der Waals surface area contributed by atoms with Gasteiger partial charge in [-0.1, -0.05) is 267 Å². The Kier molecular flexibility index (Phi) is 55.0. The van der Waals surface area contributed by atoms with E-state index in [1.54, 1.807) is 0 Å². The summed E-state index contributed by atoms with van der Waals surface area (Å²) in [6.07, 6.45) is 37.8. The minimum Gasteiger partial charge on any atom is -0.462 e. The lowest BCUT2D eigenvalue weighted by atomic mass is 10.00. The molecular formula is C65H126O17P2. The van der Waals surface area contributed by atoms with Crippen LogP contribution in [-0.4, -0.2) is 96.7 Å². The van der Waals surface area contributed by atoms with Gasteiger partial charge in [0.15, 0.2) is 12.2 Å². The Labute approximate surface area is 511 Å². The molecule has 0 saturated heterocycles. The van der Waals surface area contributed by atoms with Crippen LogP contribution in [-0.2, 0) is 65.4 Å². The molecule has 0 saturated carbocycles. The number of rotatable bonds is 63. The number of aliphatic hydroxyl groups is 1. The van der Waals surface area contributed by atoms with Gasteiger partial charge in [0.05, 0.1) is 26.4 Å². The van der Waals surface area contributed by atoms with Crippen molar-refractivity contribution in [1.29, 1.82) is 0 Å². The molecule has 0 amide bonds. The van der Waals surface area contributed by atoms with Crippen molar-refractivity contribution >= 4 is 39.5 Å². The minimum atomic E-state index is -4.95. The van der Waals surface area contributed by atoms with Gasteiger partial charge in [-0.2, -0.15) is 0 Å². The van der Waals surface area contributed by atoms with Crippen molar-refractivity contribution in [3.05, 3.63) is 0 Å². The summed E-state index contributed by atoms with van der Waals surface area (Å²) in [5.74, 6) is 0.0470. The number of hydrogen-bond donors (Lipinski definition) is 3. The van der Waals surface area contributed by atoms with Crippen LogP contribution < -0.4 is 0 Å². The molecule has 0 bridgehead atoms. The van der Waals surface area contributed by atoms with Crippen molar-refractivity contribution < 1.29 is 80.2 Å². The molecule has 6 atom stereocenters. The van der Waals surface area contributed by atoms with Crippen molar-refractivity contribution in [2.24, 2.45) is 17.8 Å². The zero-order chi connectivity index (χ0) is 62.4. The number of ether oxygens (including phenoxy) is 4. The van der Waals surface area contributed by atoms with Crippen LogP contribution in [0.4, 0.5) is 0 Å². The molecule has 19 heteroatoms. The zero-order valence-electron chi connectivity index (χ0n) is 54.4. The zero-order valence-corrected chi connectivity index (χ0v) is 56.1. The molecule has 3 unspecified atom stereocenters. The lowest BCUT2D eigenvalue weighted by Crippen LogP contribution is -2.30. The molecule has 17 nitrogen and oxygen atoms in total. The largest absolute Gasteiger partial charge is 0.472 e. The molecule has 84 heavy (non-hydrogen) atoms. The molecule has 0 aliphatic rings. The van der Waals surface area contributed by atoms with E-state index in [-0.39, 0.29) is 25.7 Å². The summed E-state index contributed by atoms with van der Waals surface area (Å²) in [6.45, 7) is 11.7. The highest BCUT2D eigenvalue weighted by atomic mass is 31.2. The highest BCUT2D eigenvalue weighted by Crippen LogP contribution is 2.45. The molecule has 0 aliphatic heterocycles. The first kappa shape index (κ1) is 82.1. The summed E-state index contributed by atoms with van der Waals surface area (Å²) >= 11 is 0. The molecule has 0 rings (SSSR count). The summed E-state index contributed by atoms with van der Waals surface area (Å²) in [5.41, 5.74) is 0. The quantitative estimate of drug-likeness (QED) is 0.0222. The maximum atomic E-state index is 13.0. The normalized spacial score (nSPS) is 14.7. The van der Waals surface area contributed by atoms with E-state index < -0.39 is 97.5 Å². The van der Waals surface area contributed by atoms with E-state index in [0.29, 0.717) is 31.6 Å². The Morgan fingerprint density at radius 1 is 0.345 bits per heavy atom. The molecule has 0 aromatic rings. The Morgan fingerprint density at radius 3 is 0.905 bits per heavy atom. The lowest BCUT2D eigenvalue weighted by molar-refractivity contribution is -0.161.